The number of benzene rings is 1. The van der Waals surface area contributed by atoms with E-state index in [4.69, 9.17) is 16.3 Å². The average molecular weight is 241 g/mol. The lowest BCUT2D eigenvalue weighted by atomic mass is 9.79. The molecule has 1 aromatic rings. The van der Waals surface area contributed by atoms with Gasteiger partial charge >= 0.3 is 13.2 Å². The zero-order valence-corrected chi connectivity index (χ0v) is 9.25. The molecule has 0 spiro atoms. The summed E-state index contributed by atoms with van der Waals surface area (Å²) in [4.78, 5) is 11.0. The largest absolute Gasteiger partial charge is 0.491 e. The maximum absolute atomic E-state index is 11.0. The van der Waals surface area contributed by atoms with Gasteiger partial charge in [-0.05, 0) is 23.2 Å². The molecule has 0 saturated carbocycles. The molecule has 1 aliphatic heterocycles. The van der Waals surface area contributed by atoms with E-state index >= 15 is 0 Å². The number of amides is 1. The number of rotatable bonds is 1. The van der Waals surface area contributed by atoms with E-state index in [2.05, 4.69) is 10.1 Å². The highest BCUT2D eigenvalue weighted by molar-refractivity contribution is 6.61. The van der Waals surface area contributed by atoms with Crippen LogP contribution >= 0.6 is 11.6 Å². The topological polar surface area (TPSA) is 67.8 Å². The summed E-state index contributed by atoms with van der Waals surface area (Å²) >= 11 is 5.95. The Morgan fingerprint density at radius 3 is 3.12 bits per heavy atom. The normalized spacial score (nSPS) is 13.6. The molecule has 0 fully saturated rings. The minimum Gasteiger partial charge on any atom is -0.453 e. The van der Waals surface area contributed by atoms with Crippen LogP contribution in [-0.2, 0) is 16.0 Å². The van der Waals surface area contributed by atoms with Crippen LogP contribution in [0.2, 0.25) is 5.02 Å². The van der Waals surface area contributed by atoms with Gasteiger partial charge in [0.05, 0.1) is 24.4 Å². The van der Waals surface area contributed by atoms with Gasteiger partial charge in [0.25, 0.3) is 0 Å². The molecule has 0 saturated heterocycles. The highest BCUT2D eigenvalue weighted by Crippen LogP contribution is 2.24. The molecule has 16 heavy (non-hydrogen) atoms. The summed E-state index contributed by atoms with van der Waals surface area (Å²) in [5.74, 6) is 0. The number of carbonyl (C=O) groups excluding carboxylic acids is 1. The Balaban J connectivity index is 2.33. The van der Waals surface area contributed by atoms with Crippen LogP contribution in [0.15, 0.2) is 12.1 Å². The molecule has 1 heterocycles. The molecule has 2 N–H and O–H groups in total. The fourth-order valence-electron chi connectivity index (χ4n) is 1.50. The van der Waals surface area contributed by atoms with Crippen molar-refractivity contribution in [1.29, 1.82) is 0 Å². The van der Waals surface area contributed by atoms with Gasteiger partial charge in [0, 0.05) is 0 Å². The second kappa shape index (κ2) is 4.33. The van der Waals surface area contributed by atoms with E-state index in [1.54, 1.807) is 12.1 Å². The lowest BCUT2D eigenvalue weighted by Gasteiger charge is -2.08. The van der Waals surface area contributed by atoms with Crippen molar-refractivity contribution in [2.24, 2.45) is 0 Å². The van der Waals surface area contributed by atoms with E-state index in [9.17, 15) is 9.82 Å². The fraction of sp³-hybridized carbons (Fsp3) is 0.222. The summed E-state index contributed by atoms with van der Waals surface area (Å²) < 4.78 is 9.47. The van der Waals surface area contributed by atoms with Crippen molar-refractivity contribution in [1.82, 2.24) is 0 Å². The van der Waals surface area contributed by atoms with Gasteiger partial charge < -0.3 is 14.4 Å². The maximum atomic E-state index is 11.0. The Morgan fingerprint density at radius 1 is 1.69 bits per heavy atom. The van der Waals surface area contributed by atoms with Crippen LogP contribution in [0.3, 0.4) is 0 Å². The molecular formula is C9H9BClNO4. The monoisotopic (exact) mass is 241 g/mol. The van der Waals surface area contributed by atoms with Crippen molar-refractivity contribution >= 4 is 36.0 Å². The Morgan fingerprint density at radius 2 is 2.44 bits per heavy atom. The second-order valence-electron chi connectivity index (χ2n) is 3.31. The highest BCUT2D eigenvalue weighted by Gasteiger charge is 2.28. The number of nitrogens with one attached hydrogen (secondary N) is 1. The third kappa shape index (κ3) is 1.99. The van der Waals surface area contributed by atoms with E-state index in [0.29, 0.717) is 22.8 Å². The molecule has 2 rings (SSSR count). The second-order valence-corrected chi connectivity index (χ2v) is 3.72. The van der Waals surface area contributed by atoms with Crippen molar-refractivity contribution < 1.29 is 19.2 Å². The molecular weight excluding hydrogens is 232 g/mol. The van der Waals surface area contributed by atoms with E-state index in [0.717, 1.165) is 5.56 Å². The van der Waals surface area contributed by atoms with Gasteiger partial charge in [-0.15, -0.1) is 0 Å². The van der Waals surface area contributed by atoms with Crippen molar-refractivity contribution in [3.8, 4) is 0 Å². The Kier molecular flexibility index (Phi) is 3.04. The summed E-state index contributed by atoms with van der Waals surface area (Å²) in [5.41, 5.74) is 1.81. The van der Waals surface area contributed by atoms with Gasteiger partial charge in [-0.1, -0.05) is 11.6 Å². The SMILES string of the molecule is COC(=O)Nc1cc2c(cc1Cl)COB2O. The summed E-state index contributed by atoms with van der Waals surface area (Å²) in [6, 6.07) is 3.23. The molecule has 0 atom stereocenters. The van der Waals surface area contributed by atoms with Gasteiger partial charge in [-0.3, -0.25) is 5.32 Å². The first-order valence-electron chi connectivity index (χ1n) is 4.58. The van der Waals surface area contributed by atoms with Crippen molar-refractivity contribution in [2.75, 3.05) is 12.4 Å². The molecule has 0 radical (unpaired) electrons. The first kappa shape index (κ1) is 11.3. The average Bonchev–Trinajstić information content (AvgIpc) is 2.61. The van der Waals surface area contributed by atoms with Crippen LogP contribution in [0.1, 0.15) is 5.56 Å². The van der Waals surface area contributed by atoms with Gasteiger partial charge in [0.15, 0.2) is 0 Å². The fourth-order valence-corrected chi connectivity index (χ4v) is 1.73. The maximum Gasteiger partial charge on any atom is 0.491 e. The van der Waals surface area contributed by atoms with Crippen LogP contribution in [0.25, 0.3) is 0 Å². The summed E-state index contributed by atoms with van der Waals surface area (Å²) in [5, 5.41) is 12.3. The number of halogens is 1. The molecule has 7 heteroatoms. The zero-order valence-electron chi connectivity index (χ0n) is 8.49. The third-order valence-corrected chi connectivity index (χ3v) is 2.63. The number of methoxy groups -OCH3 is 1. The molecule has 1 aliphatic rings. The predicted molar refractivity (Wildman–Crippen MR) is 59.9 cm³/mol. The van der Waals surface area contributed by atoms with Gasteiger partial charge in [0.1, 0.15) is 0 Å². The number of hydrogen-bond acceptors (Lipinski definition) is 4. The molecule has 0 bridgehead atoms. The minimum atomic E-state index is -0.967. The van der Waals surface area contributed by atoms with Gasteiger partial charge in [0.2, 0.25) is 0 Å². The van der Waals surface area contributed by atoms with E-state index in [-0.39, 0.29) is 0 Å². The minimum absolute atomic E-state index is 0.314. The quantitative estimate of drug-likeness (QED) is 0.712. The van der Waals surface area contributed by atoms with E-state index < -0.39 is 13.2 Å². The van der Waals surface area contributed by atoms with Crippen molar-refractivity contribution in [3.63, 3.8) is 0 Å². The first-order valence-corrected chi connectivity index (χ1v) is 4.96. The van der Waals surface area contributed by atoms with Crippen molar-refractivity contribution in [3.05, 3.63) is 22.7 Å². The molecule has 1 amide bonds. The van der Waals surface area contributed by atoms with Crippen LogP contribution in [0.4, 0.5) is 10.5 Å². The molecule has 5 nitrogen and oxygen atoms in total. The van der Waals surface area contributed by atoms with Crippen molar-refractivity contribution in [2.45, 2.75) is 6.61 Å². The summed E-state index contributed by atoms with van der Waals surface area (Å²) in [6.07, 6.45) is -0.616. The molecule has 0 aliphatic carbocycles. The summed E-state index contributed by atoms with van der Waals surface area (Å²) in [7, 11) is 0.291. The Hall–Kier alpha value is -1.24. The Labute approximate surface area is 97.4 Å². The lowest BCUT2D eigenvalue weighted by molar-refractivity contribution is 0.187. The van der Waals surface area contributed by atoms with Crippen LogP contribution < -0.4 is 10.8 Å². The van der Waals surface area contributed by atoms with Crippen LogP contribution in [0.5, 0.6) is 0 Å². The van der Waals surface area contributed by atoms with Gasteiger partial charge in [-0.25, -0.2) is 4.79 Å². The van der Waals surface area contributed by atoms with E-state index in [1.165, 1.54) is 7.11 Å². The standard InChI is InChI=1S/C9H9BClNO4/c1-15-9(13)12-8-3-6-5(2-7(8)11)4-16-10(6)14/h2-3,14H,4H2,1H3,(H,12,13). The first-order chi connectivity index (χ1) is 7.61. The molecule has 1 aromatic carbocycles. The highest BCUT2D eigenvalue weighted by atomic mass is 35.5. The van der Waals surface area contributed by atoms with Gasteiger partial charge in [-0.2, -0.15) is 0 Å². The molecule has 0 aromatic heterocycles. The van der Waals surface area contributed by atoms with E-state index in [1.807, 2.05) is 0 Å². The molecule has 84 valence electrons. The number of ether oxygens (including phenoxy) is 1. The lowest BCUT2D eigenvalue weighted by Crippen LogP contribution is -2.28. The predicted octanol–water partition coefficient (Wildman–Crippen LogP) is 0.736. The number of hydrogen-bond donors (Lipinski definition) is 2. The Bertz CT molecular complexity index is 440. The third-order valence-electron chi connectivity index (χ3n) is 2.31. The summed E-state index contributed by atoms with van der Waals surface area (Å²) in [6.45, 7) is 0.314. The smallest absolute Gasteiger partial charge is 0.453 e. The van der Waals surface area contributed by atoms with Crippen LogP contribution in [0, 0.1) is 0 Å². The number of carbonyl (C=O) groups is 1. The number of anilines is 1. The number of fused-ring (bicyclic) bond motifs is 1. The van der Waals surface area contributed by atoms with Crippen LogP contribution in [-0.4, -0.2) is 25.3 Å². The zero-order chi connectivity index (χ0) is 11.7. The molecule has 0 unspecified atom stereocenters.